The lowest BCUT2D eigenvalue weighted by Gasteiger charge is -2.18. The molecule has 0 aliphatic carbocycles. The highest BCUT2D eigenvalue weighted by atomic mass is 32.2. The molecule has 0 fully saturated rings. The zero-order valence-electron chi connectivity index (χ0n) is 15.1. The standard InChI is InChI=1S/C20H20N2O4S/c1-3-22(4-2)27(24,25)17-11-9-16(10-12-17)21-13-15-14-26-19-8-6-5-7-18(19)20(15)23/h5-14H,3-4H2,1-2H3. The first-order chi connectivity index (χ1) is 13.0. The molecule has 0 amide bonds. The van der Waals surface area contributed by atoms with Gasteiger partial charge >= 0.3 is 0 Å². The molecule has 1 aromatic heterocycles. The van der Waals surface area contributed by atoms with Crippen molar-refractivity contribution < 1.29 is 12.8 Å². The number of para-hydroxylation sites is 1. The number of fused-ring (bicyclic) bond motifs is 1. The molecule has 0 saturated carbocycles. The van der Waals surface area contributed by atoms with Crippen LogP contribution in [0.4, 0.5) is 5.69 Å². The predicted octanol–water partition coefficient (Wildman–Crippen LogP) is 3.57. The van der Waals surface area contributed by atoms with Gasteiger partial charge in [0, 0.05) is 19.3 Å². The minimum Gasteiger partial charge on any atom is -0.463 e. The molecule has 0 saturated heterocycles. The second-order valence-electron chi connectivity index (χ2n) is 5.86. The number of hydrogen-bond donors (Lipinski definition) is 0. The summed E-state index contributed by atoms with van der Waals surface area (Å²) in [4.78, 5) is 16.9. The van der Waals surface area contributed by atoms with Crippen molar-refractivity contribution in [2.75, 3.05) is 13.1 Å². The number of rotatable bonds is 6. The third kappa shape index (κ3) is 3.84. The molecule has 0 bridgehead atoms. The summed E-state index contributed by atoms with van der Waals surface area (Å²) in [6.07, 6.45) is 2.79. The average Bonchev–Trinajstić information content (AvgIpc) is 2.69. The number of nitrogens with zero attached hydrogens (tertiary/aromatic N) is 2. The SMILES string of the molecule is CCN(CC)S(=O)(=O)c1ccc(N=Cc2coc3ccccc3c2=O)cc1. The molecule has 0 aliphatic rings. The summed E-state index contributed by atoms with van der Waals surface area (Å²) >= 11 is 0. The van der Waals surface area contributed by atoms with Gasteiger partial charge in [0.1, 0.15) is 11.8 Å². The van der Waals surface area contributed by atoms with Crippen LogP contribution in [0.5, 0.6) is 0 Å². The molecule has 3 rings (SSSR count). The Morgan fingerprint density at radius 3 is 2.37 bits per heavy atom. The van der Waals surface area contributed by atoms with E-state index in [9.17, 15) is 13.2 Å². The molecule has 6 nitrogen and oxygen atoms in total. The first-order valence-corrected chi connectivity index (χ1v) is 10.1. The Bertz CT molecular complexity index is 1130. The Hall–Kier alpha value is -2.77. The van der Waals surface area contributed by atoms with Crippen LogP contribution in [0.25, 0.3) is 11.0 Å². The van der Waals surface area contributed by atoms with Crippen LogP contribution in [-0.4, -0.2) is 32.0 Å². The predicted molar refractivity (Wildman–Crippen MR) is 106 cm³/mol. The van der Waals surface area contributed by atoms with Crippen molar-refractivity contribution in [1.82, 2.24) is 4.31 Å². The van der Waals surface area contributed by atoms with E-state index in [1.54, 1.807) is 50.2 Å². The Morgan fingerprint density at radius 2 is 1.70 bits per heavy atom. The van der Waals surface area contributed by atoms with E-state index in [0.29, 0.717) is 35.3 Å². The van der Waals surface area contributed by atoms with Crippen molar-refractivity contribution in [2.24, 2.45) is 4.99 Å². The summed E-state index contributed by atoms with van der Waals surface area (Å²) in [5.74, 6) is 0. The minimum atomic E-state index is -3.50. The highest BCUT2D eigenvalue weighted by molar-refractivity contribution is 7.89. The fourth-order valence-corrected chi connectivity index (χ4v) is 4.20. The molecule has 2 aromatic carbocycles. The lowest BCUT2D eigenvalue weighted by Crippen LogP contribution is -2.30. The monoisotopic (exact) mass is 384 g/mol. The Labute approximate surface area is 157 Å². The molecule has 0 N–H and O–H groups in total. The van der Waals surface area contributed by atoms with Crippen LogP contribution in [-0.2, 0) is 10.0 Å². The number of benzene rings is 2. The second kappa shape index (κ2) is 7.85. The Morgan fingerprint density at radius 1 is 1.04 bits per heavy atom. The summed E-state index contributed by atoms with van der Waals surface area (Å²) < 4.78 is 31.8. The molecule has 27 heavy (non-hydrogen) atoms. The van der Waals surface area contributed by atoms with Gasteiger partial charge < -0.3 is 4.42 Å². The summed E-state index contributed by atoms with van der Waals surface area (Å²) in [6.45, 7) is 4.43. The van der Waals surface area contributed by atoms with Gasteiger partial charge in [0.15, 0.2) is 0 Å². The highest BCUT2D eigenvalue weighted by Crippen LogP contribution is 2.20. The Balaban J connectivity index is 1.87. The lowest BCUT2D eigenvalue weighted by atomic mass is 10.2. The van der Waals surface area contributed by atoms with E-state index >= 15 is 0 Å². The fraction of sp³-hybridized carbons (Fsp3) is 0.200. The van der Waals surface area contributed by atoms with Gasteiger partial charge in [-0.1, -0.05) is 26.0 Å². The maximum absolute atomic E-state index is 12.5. The minimum absolute atomic E-state index is 0.165. The topological polar surface area (TPSA) is 80.0 Å². The quantitative estimate of drug-likeness (QED) is 0.609. The van der Waals surface area contributed by atoms with Gasteiger partial charge in [-0.2, -0.15) is 4.31 Å². The molecule has 0 atom stereocenters. The van der Waals surface area contributed by atoms with Crippen LogP contribution in [0.3, 0.4) is 0 Å². The van der Waals surface area contributed by atoms with Gasteiger partial charge in [0.05, 0.1) is 21.5 Å². The van der Waals surface area contributed by atoms with E-state index < -0.39 is 10.0 Å². The van der Waals surface area contributed by atoms with E-state index in [2.05, 4.69) is 4.99 Å². The van der Waals surface area contributed by atoms with E-state index in [1.165, 1.54) is 28.9 Å². The maximum atomic E-state index is 12.5. The van der Waals surface area contributed by atoms with Crippen molar-refractivity contribution in [1.29, 1.82) is 0 Å². The number of hydrogen-bond acceptors (Lipinski definition) is 5. The van der Waals surface area contributed by atoms with Crippen LogP contribution >= 0.6 is 0 Å². The molecule has 3 aromatic rings. The van der Waals surface area contributed by atoms with Crippen molar-refractivity contribution >= 4 is 32.9 Å². The van der Waals surface area contributed by atoms with Crippen molar-refractivity contribution in [3.63, 3.8) is 0 Å². The summed E-state index contributed by atoms with van der Waals surface area (Å²) in [5.41, 5.74) is 1.22. The van der Waals surface area contributed by atoms with Crippen LogP contribution in [0.2, 0.25) is 0 Å². The van der Waals surface area contributed by atoms with Gasteiger partial charge in [-0.25, -0.2) is 8.42 Å². The first-order valence-electron chi connectivity index (χ1n) is 8.62. The summed E-state index contributed by atoms with van der Waals surface area (Å²) in [6, 6.07) is 13.2. The molecule has 0 aliphatic heterocycles. The van der Waals surface area contributed by atoms with Crippen molar-refractivity contribution in [3.05, 3.63) is 70.6 Å². The zero-order valence-corrected chi connectivity index (χ0v) is 15.9. The fourth-order valence-electron chi connectivity index (χ4n) is 2.74. The molecule has 0 radical (unpaired) electrons. The largest absolute Gasteiger partial charge is 0.463 e. The molecule has 0 unspecified atom stereocenters. The third-order valence-corrected chi connectivity index (χ3v) is 6.30. The van der Waals surface area contributed by atoms with Gasteiger partial charge in [0.2, 0.25) is 15.5 Å². The molecule has 1 heterocycles. The van der Waals surface area contributed by atoms with Crippen molar-refractivity contribution in [2.45, 2.75) is 18.7 Å². The van der Waals surface area contributed by atoms with E-state index in [1.807, 2.05) is 0 Å². The van der Waals surface area contributed by atoms with Gasteiger partial charge in [-0.15, -0.1) is 0 Å². The summed E-state index contributed by atoms with van der Waals surface area (Å²) in [7, 11) is -3.50. The van der Waals surface area contributed by atoms with E-state index in [4.69, 9.17) is 4.42 Å². The van der Waals surface area contributed by atoms with Crippen LogP contribution in [0.15, 0.2) is 73.9 Å². The second-order valence-corrected chi connectivity index (χ2v) is 7.80. The van der Waals surface area contributed by atoms with E-state index in [-0.39, 0.29) is 10.3 Å². The third-order valence-electron chi connectivity index (χ3n) is 4.24. The van der Waals surface area contributed by atoms with Crippen LogP contribution in [0, 0.1) is 0 Å². The van der Waals surface area contributed by atoms with E-state index in [0.717, 1.165) is 0 Å². The molecule has 140 valence electrons. The molecular weight excluding hydrogens is 364 g/mol. The van der Waals surface area contributed by atoms with Crippen molar-refractivity contribution in [3.8, 4) is 0 Å². The molecular formula is C20H20N2O4S. The summed E-state index contributed by atoms with van der Waals surface area (Å²) in [5, 5.41) is 0.488. The highest BCUT2D eigenvalue weighted by Gasteiger charge is 2.21. The first kappa shape index (κ1) is 19.0. The van der Waals surface area contributed by atoms with Gasteiger partial charge in [-0.05, 0) is 36.4 Å². The Kier molecular flexibility index (Phi) is 5.53. The molecule has 7 heteroatoms. The van der Waals surface area contributed by atoms with Crippen LogP contribution < -0.4 is 5.43 Å². The maximum Gasteiger partial charge on any atom is 0.243 e. The van der Waals surface area contributed by atoms with Crippen LogP contribution in [0.1, 0.15) is 19.4 Å². The number of aliphatic imine (C=N–C) groups is 1. The number of sulfonamides is 1. The smallest absolute Gasteiger partial charge is 0.243 e. The zero-order chi connectivity index (χ0) is 19.4. The van der Waals surface area contributed by atoms with Gasteiger partial charge in [0.25, 0.3) is 0 Å². The molecule has 0 spiro atoms. The normalized spacial score (nSPS) is 12.3. The van der Waals surface area contributed by atoms with Gasteiger partial charge in [-0.3, -0.25) is 9.79 Å². The average molecular weight is 384 g/mol. The lowest BCUT2D eigenvalue weighted by molar-refractivity contribution is 0.445.